The first-order valence-electron chi connectivity index (χ1n) is 5.86. The fourth-order valence-corrected chi connectivity index (χ4v) is 2.17. The summed E-state index contributed by atoms with van der Waals surface area (Å²) >= 11 is 0. The third-order valence-electron chi connectivity index (χ3n) is 3.12. The molecule has 0 radical (unpaired) electrons. The van der Waals surface area contributed by atoms with Crippen LogP contribution in [0.3, 0.4) is 0 Å². The summed E-state index contributed by atoms with van der Waals surface area (Å²) in [5.74, 6) is 0. The number of nitrogens with zero attached hydrogens (tertiary/aromatic N) is 4. The Hall–Kier alpha value is -2.49. The van der Waals surface area contributed by atoms with Gasteiger partial charge in [0, 0.05) is 0 Å². The molecule has 0 N–H and O–H groups in total. The average molecular weight is 234 g/mol. The molecule has 18 heavy (non-hydrogen) atoms. The molecule has 4 rings (SSSR count). The molecule has 0 saturated heterocycles. The van der Waals surface area contributed by atoms with Gasteiger partial charge < -0.3 is 0 Å². The van der Waals surface area contributed by atoms with Crippen molar-refractivity contribution in [2.45, 2.75) is 6.17 Å². The molecule has 0 fully saturated rings. The van der Waals surface area contributed by atoms with Crippen molar-refractivity contribution in [3.05, 3.63) is 60.2 Å². The topological polar surface area (TPSA) is 43.1 Å². The lowest BCUT2D eigenvalue weighted by molar-refractivity contribution is 0.639. The predicted octanol–water partition coefficient (Wildman–Crippen LogP) is 2.43. The summed E-state index contributed by atoms with van der Waals surface area (Å²) in [6.45, 7) is 0. The molecule has 0 spiro atoms. The van der Waals surface area contributed by atoms with Gasteiger partial charge >= 0.3 is 0 Å². The van der Waals surface area contributed by atoms with Gasteiger partial charge in [0.1, 0.15) is 5.52 Å². The summed E-state index contributed by atoms with van der Waals surface area (Å²) < 4.78 is 1.87. The first-order chi connectivity index (χ1) is 8.93. The quantitative estimate of drug-likeness (QED) is 0.683. The van der Waals surface area contributed by atoms with Gasteiger partial charge in [-0.3, -0.25) is 4.99 Å². The van der Waals surface area contributed by atoms with Crippen LogP contribution in [0.1, 0.15) is 11.7 Å². The number of para-hydroxylation sites is 1. The lowest BCUT2D eigenvalue weighted by Gasteiger charge is -1.98. The Balaban J connectivity index is 1.72. The third-order valence-corrected chi connectivity index (χ3v) is 3.12. The first kappa shape index (κ1) is 9.53. The largest absolute Gasteiger partial charge is 0.252 e. The van der Waals surface area contributed by atoms with Gasteiger partial charge in [-0.05, 0) is 17.7 Å². The van der Waals surface area contributed by atoms with E-state index in [0.29, 0.717) is 0 Å². The van der Waals surface area contributed by atoms with Crippen molar-refractivity contribution >= 4 is 16.7 Å². The lowest BCUT2D eigenvalue weighted by atomic mass is 10.1. The van der Waals surface area contributed by atoms with Crippen LogP contribution in [0.5, 0.6) is 0 Å². The number of hydrogen-bond acceptors (Lipinski definition) is 3. The van der Waals surface area contributed by atoms with E-state index in [1.807, 2.05) is 47.1 Å². The molecule has 4 heteroatoms. The monoisotopic (exact) mass is 234 g/mol. The first-order valence-corrected chi connectivity index (χ1v) is 5.86. The number of aromatic nitrogens is 3. The van der Waals surface area contributed by atoms with E-state index in [4.69, 9.17) is 0 Å². The Kier molecular flexibility index (Phi) is 1.85. The minimum Gasteiger partial charge on any atom is -0.252 e. The van der Waals surface area contributed by atoms with Gasteiger partial charge in [0.25, 0.3) is 0 Å². The number of fused-ring (bicyclic) bond motifs is 1. The van der Waals surface area contributed by atoms with E-state index in [9.17, 15) is 0 Å². The smallest absolute Gasteiger partial charge is 0.186 e. The van der Waals surface area contributed by atoms with Crippen LogP contribution < -0.4 is 0 Å². The zero-order chi connectivity index (χ0) is 11.9. The van der Waals surface area contributed by atoms with Gasteiger partial charge in [-0.25, -0.2) is 4.68 Å². The predicted molar refractivity (Wildman–Crippen MR) is 69.5 cm³/mol. The highest BCUT2D eigenvalue weighted by atomic mass is 15.5. The van der Waals surface area contributed by atoms with Crippen LogP contribution in [0.15, 0.2) is 59.6 Å². The summed E-state index contributed by atoms with van der Waals surface area (Å²) in [5.41, 5.74) is 4.16. The molecule has 0 amide bonds. The van der Waals surface area contributed by atoms with Crippen LogP contribution in [0, 0.1) is 0 Å². The SMILES string of the molecule is c1ccc(C2=NC2n2nnc3ccccc32)cc1. The molecule has 1 atom stereocenters. The van der Waals surface area contributed by atoms with Crippen molar-refractivity contribution in [2.24, 2.45) is 4.99 Å². The van der Waals surface area contributed by atoms with Crippen LogP contribution in [0.4, 0.5) is 0 Å². The number of aliphatic imine (C=N–C) groups is 1. The standard InChI is InChI=1S/C14H10N4/c1-2-6-10(7-3-1)13-14(15-13)18-12-9-5-4-8-11(12)16-17-18/h1-9,14H. The Morgan fingerprint density at radius 2 is 1.67 bits per heavy atom. The Morgan fingerprint density at radius 3 is 2.56 bits per heavy atom. The fourth-order valence-electron chi connectivity index (χ4n) is 2.17. The highest BCUT2D eigenvalue weighted by Gasteiger charge is 2.32. The molecule has 0 bridgehead atoms. The van der Waals surface area contributed by atoms with Gasteiger partial charge in [0.05, 0.1) is 11.2 Å². The zero-order valence-electron chi connectivity index (χ0n) is 9.56. The van der Waals surface area contributed by atoms with E-state index < -0.39 is 0 Å². The minimum atomic E-state index is 0.0137. The van der Waals surface area contributed by atoms with E-state index in [1.54, 1.807) is 0 Å². The third kappa shape index (κ3) is 1.35. The highest BCUT2D eigenvalue weighted by molar-refractivity contribution is 6.12. The summed E-state index contributed by atoms with van der Waals surface area (Å²) in [4.78, 5) is 4.49. The zero-order valence-corrected chi connectivity index (χ0v) is 9.56. The van der Waals surface area contributed by atoms with E-state index in [2.05, 4.69) is 27.4 Å². The molecular weight excluding hydrogens is 224 g/mol. The summed E-state index contributed by atoms with van der Waals surface area (Å²) in [6.07, 6.45) is 0.0137. The van der Waals surface area contributed by atoms with Gasteiger partial charge in [-0.1, -0.05) is 47.7 Å². The van der Waals surface area contributed by atoms with Crippen LogP contribution in [-0.2, 0) is 0 Å². The Bertz CT molecular complexity index is 743. The van der Waals surface area contributed by atoms with E-state index in [1.165, 1.54) is 0 Å². The molecule has 0 saturated carbocycles. The van der Waals surface area contributed by atoms with Crippen molar-refractivity contribution in [3.63, 3.8) is 0 Å². The fraction of sp³-hybridized carbons (Fsp3) is 0.0714. The van der Waals surface area contributed by atoms with E-state index in [0.717, 1.165) is 22.3 Å². The number of benzene rings is 2. The van der Waals surface area contributed by atoms with Crippen molar-refractivity contribution in [1.29, 1.82) is 0 Å². The molecule has 1 aliphatic heterocycles. The molecule has 2 heterocycles. The van der Waals surface area contributed by atoms with Crippen LogP contribution in [0.2, 0.25) is 0 Å². The van der Waals surface area contributed by atoms with Crippen molar-refractivity contribution in [3.8, 4) is 0 Å². The van der Waals surface area contributed by atoms with Gasteiger partial charge in [-0.15, -0.1) is 5.10 Å². The number of hydrogen-bond donors (Lipinski definition) is 0. The summed E-state index contributed by atoms with van der Waals surface area (Å²) in [7, 11) is 0. The molecule has 4 nitrogen and oxygen atoms in total. The molecule has 1 aromatic heterocycles. The summed E-state index contributed by atoms with van der Waals surface area (Å²) in [5, 5.41) is 8.33. The van der Waals surface area contributed by atoms with Gasteiger partial charge in [0.15, 0.2) is 6.17 Å². The number of rotatable bonds is 2. The second kappa shape index (κ2) is 3.50. The van der Waals surface area contributed by atoms with Crippen molar-refractivity contribution in [2.75, 3.05) is 0 Å². The van der Waals surface area contributed by atoms with Crippen LogP contribution in [0.25, 0.3) is 11.0 Å². The minimum absolute atomic E-state index is 0.0137. The van der Waals surface area contributed by atoms with Crippen LogP contribution in [-0.4, -0.2) is 20.7 Å². The Morgan fingerprint density at radius 1 is 0.889 bits per heavy atom. The van der Waals surface area contributed by atoms with Crippen molar-refractivity contribution in [1.82, 2.24) is 15.0 Å². The van der Waals surface area contributed by atoms with Crippen LogP contribution >= 0.6 is 0 Å². The lowest BCUT2D eigenvalue weighted by Crippen LogP contribution is -2.04. The van der Waals surface area contributed by atoms with Gasteiger partial charge in [0.2, 0.25) is 0 Å². The maximum Gasteiger partial charge on any atom is 0.186 e. The molecule has 1 aliphatic rings. The van der Waals surface area contributed by atoms with Crippen molar-refractivity contribution < 1.29 is 0 Å². The highest BCUT2D eigenvalue weighted by Crippen LogP contribution is 2.31. The average Bonchev–Trinajstić information content (AvgIpc) is 3.12. The van der Waals surface area contributed by atoms with E-state index in [-0.39, 0.29) is 6.17 Å². The molecule has 0 aliphatic carbocycles. The molecule has 2 aromatic carbocycles. The Labute approximate surface area is 104 Å². The molecular formula is C14H10N4. The summed E-state index contributed by atoms with van der Waals surface area (Å²) in [6, 6.07) is 18.1. The maximum atomic E-state index is 4.49. The molecule has 3 aromatic rings. The second-order valence-corrected chi connectivity index (χ2v) is 4.28. The van der Waals surface area contributed by atoms with Gasteiger partial charge in [-0.2, -0.15) is 0 Å². The van der Waals surface area contributed by atoms with E-state index >= 15 is 0 Å². The second-order valence-electron chi connectivity index (χ2n) is 4.28. The normalized spacial score (nSPS) is 17.8. The maximum absolute atomic E-state index is 4.49. The molecule has 86 valence electrons. The molecule has 1 unspecified atom stereocenters.